The molecule has 0 radical (unpaired) electrons. The zero-order valence-corrected chi connectivity index (χ0v) is 23.8. The minimum atomic E-state index is -5.01. The average molecular weight is 621 g/mol. The minimum absolute atomic E-state index is 0.0948. The van der Waals surface area contributed by atoms with Gasteiger partial charge in [0.1, 0.15) is 5.67 Å². The van der Waals surface area contributed by atoms with Crippen LogP contribution in [0.1, 0.15) is 97.2 Å². The van der Waals surface area contributed by atoms with Crippen LogP contribution in [0.5, 0.6) is 0 Å². The third-order valence-corrected chi connectivity index (χ3v) is 8.77. The van der Waals surface area contributed by atoms with Crippen LogP contribution in [-0.2, 0) is 11.0 Å². The lowest BCUT2D eigenvalue weighted by Crippen LogP contribution is -2.46. The number of rotatable bonds is 8. The lowest BCUT2D eigenvalue weighted by molar-refractivity contribution is -0.152. The van der Waals surface area contributed by atoms with Crippen molar-refractivity contribution in [3.8, 4) is 0 Å². The predicted molar refractivity (Wildman–Crippen MR) is 142 cm³/mol. The predicted octanol–water partition coefficient (Wildman–Crippen LogP) is 6.81. The highest BCUT2D eigenvalue weighted by molar-refractivity contribution is 6.39. The lowest BCUT2D eigenvalue weighted by atomic mass is 9.74. The molecule has 8 nitrogen and oxygen atoms in total. The number of carboxylic acid groups (broad SMARTS) is 1. The van der Waals surface area contributed by atoms with Gasteiger partial charge < -0.3 is 10.0 Å². The van der Waals surface area contributed by atoms with Gasteiger partial charge in [0.2, 0.25) is 0 Å². The summed E-state index contributed by atoms with van der Waals surface area (Å²) in [5, 5.41) is 13.2. The van der Waals surface area contributed by atoms with Gasteiger partial charge in [-0.05, 0) is 45.4 Å². The molecule has 41 heavy (non-hydrogen) atoms. The Kier molecular flexibility index (Phi) is 9.04. The van der Waals surface area contributed by atoms with Crippen molar-refractivity contribution in [3.63, 3.8) is 0 Å². The standard InChI is InChI=1S/C27H30Cl2F4N4O4/c1-25(24(40)41)9-5-16(6-10-25)37-22(27(31,32)33)17(11-35-37)23(39)36(15-26(30)7-3-2-4-8-26)14-20(38)21-18(28)12-34-13-19(21)29/h11-13,16H,2-10,14-15H2,1H3,(H,40,41)/t16-,25-. The molecule has 2 heterocycles. The quantitative estimate of drug-likeness (QED) is 0.257. The number of carbonyl (C=O) groups is 3. The summed E-state index contributed by atoms with van der Waals surface area (Å²) < 4.78 is 59.9. The van der Waals surface area contributed by atoms with E-state index in [0.29, 0.717) is 12.8 Å². The van der Waals surface area contributed by atoms with Crippen LogP contribution >= 0.6 is 23.2 Å². The van der Waals surface area contributed by atoms with E-state index in [2.05, 4.69) is 10.1 Å². The van der Waals surface area contributed by atoms with E-state index in [1.807, 2.05) is 0 Å². The largest absolute Gasteiger partial charge is 0.481 e. The fraction of sp³-hybridized carbons (Fsp3) is 0.593. The summed E-state index contributed by atoms with van der Waals surface area (Å²) in [6.45, 7) is 0.181. The maximum absolute atomic E-state index is 15.8. The SMILES string of the molecule is C[C@]1(C(=O)O)CC[C@H](n2ncc(C(=O)N(CC(=O)c3c(Cl)cncc3Cl)CC3(F)CCCCC3)c2C(F)(F)F)CC1. The molecule has 4 rings (SSSR count). The molecule has 0 unspecified atom stereocenters. The number of aliphatic carboxylic acids is 1. The van der Waals surface area contributed by atoms with E-state index < -0.39 is 65.3 Å². The highest BCUT2D eigenvalue weighted by Crippen LogP contribution is 2.44. The van der Waals surface area contributed by atoms with Crippen LogP contribution < -0.4 is 0 Å². The lowest BCUT2D eigenvalue weighted by Gasteiger charge is -2.35. The molecule has 0 saturated heterocycles. The number of nitrogens with zero attached hydrogens (tertiary/aromatic N) is 4. The Bertz CT molecular complexity index is 1300. The van der Waals surface area contributed by atoms with Crippen molar-refractivity contribution < 1.29 is 37.1 Å². The molecule has 224 valence electrons. The number of ketones is 1. The second-order valence-corrected chi connectivity index (χ2v) is 12.0. The van der Waals surface area contributed by atoms with Gasteiger partial charge in [-0.2, -0.15) is 18.3 Å². The van der Waals surface area contributed by atoms with Crippen molar-refractivity contribution in [2.75, 3.05) is 13.1 Å². The molecule has 0 spiro atoms. The van der Waals surface area contributed by atoms with Gasteiger partial charge in [-0.15, -0.1) is 0 Å². The molecule has 2 saturated carbocycles. The molecule has 14 heteroatoms. The molecule has 0 aromatic carbocycles. The number of carboxylic acids is 1. The Morgan fingerprint density at radius 1 is 1.05 bits per heavy atom. The van der Waals surface area contributed by atoms with Crippen LogP contribution in [0.25, 0.3) is 0 Å². The minimum Gasteiger partial charge on any atom is -0.481 e. The molecule has 2 aliphatic rings. The molecule has 2 aliphatic carbocycles. The van der Waals surface area contributed by atoms with Crippen LogP contribution in [0.2, 0.25) is 10.0 Å². The van der Waals surface area contributed by atoms with Crippen LogP contribution in [-0.4, -0.2) is 61.2 Å². The van der Waals surface area contributed by atoms with E-state index in [9.17, 15) is 32.7 Å². The van der Waals surface area contributed by atoms with Gasteiger partial charge in [0, 0.05) is 12.4 Å². The molecular formula is C27H30Cl2F4N4O4. The Labute approximate surface area is 244 Å². The van der Waals surface area contributed by atoms with Crippen molar-refractivity contribution in [2.24, 2.45) is 5.41 Å². The van der Waals surface area contributed by atoms with Crippen molar-refractivity contribution in [2.45, 2.75) is 82.6 Å². The first kappa shape index (κ1) is 31.2. The van der Waals surface area contributed by atoms with Gasteiger partial charge in [0.25, 0.3) is 5.91 Å². The number of pyridine rings is 1. The smallest absolute Gasteiger partial charge is 0.433 e. The summed E-state index contributed by atoms with van der Waals surface area (Å²) in [6, 6.07) is -0.795. The first-order valence-electron chi connectivity index (χ1n) is 13.3. The summed E-state index contributed by atoms with van der Waals surface area (Å²) in [6.07, 6.45) is 0.625. The van der Waals surface area contributed by atoms with E-state index in [1.165, 1.54) is 0 Å². The fourth-order valence-corrected chi connectivity index (χ4v) is 6.34. The molecular weight excluding hydrogens is 591 g/mol. The van der Waals surface area contributed by atoms with E-state index in [1.54, 1.807) is 6.92 Å². The number of aromatic nitrogens is 3. The van der Waals surface area contributed by atoms with Crippen LogP contribution in [0.4, 0.5) is 17.6 Å². The molecule has 2 aromatic rings. The summed E-state index contributed by atoms with van der Waals surface area (Å²) in [4.78, 5) is 43.1. The topological polar surface area (TPSA) is 105 Å². The monoisotopic (exact) mass is 620 g/mol. The molecule has 0 aliphatic heterocycles. The second-order valence-electron chi connectivity index (χ2n) is 11.2. The molecule has 2 aromatic heterocycles. The first-order valence-corrected chi connectivity index (χ1v) is 14.1. The van der Waals surface area contributed by atoms with Crippen molar-refractivity contribution >= 4 is 40.9 Å². The number of alkyl halides is 4. The Balaban J connectivity index is 1.69. The number of halogens is 6. The van der Waals surface area contributed by atoms with E-state index in [4.69, 9.17) is 23.2 Å². The van der Waals surface area contributed by atoms with E-state index >= 15 is 4.39 Å². The maximum Gasteiger partial charge on any atom is 0.433 e. The number of hydrogen-bond donors (Lipinski definition) is 1. The zero-order valence-electron chi connectivity index (χ0n) is 22.3. The number of hydrogen-bond acceptors (Lipinski definition) is 5. The van der Waals surface area contributed by atoms with Gasteiger partial charge in [-0.3, -0.25) is 24.0 Å². The van der Waals surface area contributed by atoms with Gasteiger partial charge in [-0.1, -0.05) is 42.5 Å². The summed E-state index contributed by atoms with van der Waals surface area (Å²) in [7, 11) is 0. The van der Waals surface area contributed by atoms with E-state index in [0.717, 1.165) is 34.6 Å². The van der Waals surface area contributed by atoms with Gasteiger partial charge in [0.15, 0.2) is 11.5 Å². The molecule has 0 bridgehead atoms. The zero-order chi connectivity index (χ0) is 30.2. The number of Topliss-reactive ketones (excluding diaryl/α,β-unsaturated/α-hetero) is 1. The molecule has 0 atom stereocenters. The molecule has 2 fully saturated rings. The number of carbonyl (C=O) groups excluding carboxylic acids is 2. The Morgan fingerprint density at radius 3 is 2.17 bits per heavy atom. The highest BCUT2D eigenvalue weighted by Gasteiger charge is 2.46. The maximum atomic E-state index is 15.8. The third kappa shape index (κ3) is 6.69. The second kappa shape index (κ2) is 11.9. The van der Waals surface area contributed by atoms with Crippen LogP contribution in [0.3, 0.4) is 0 Å². The molecule has 1 N–H and O–H groups in total. The van der Waals surface area contributed by atoms with Gasteiger partial charge >= 0.3 is 12.1 Å². The average Bonchev–Trinajstić information content (AvgIpc) is 3.34. The third-order valence-electron chi connectivity index (χ3n) is 8.19. The van der Waals surface area contributed by atoms with Gasteiger partial charge in [-0.25, -0.2) is 4.39 Å². The highest BCUT2D eigenvalue weighted by atomic mass is 35.5. The van der Waals surface area contributed by atoms with Crippen molar-refractivity contribution in [1.82, 2.24) is 19.7 Å². The van der Waals surface area contributed by atoms with E-state index in [-0.39, 0.29) is 54.1 Å². The fourth-order valence-electron chi connectivity index (χ4n) is 5.76. The molecule has 1 amide bonds. The summed E-state index contributed by atoms with van der Waals surface area (Å²) in [5.41, 5.74) is -5.27. The first-order chi connectivity index (χ1) is 19.2. The van der Waals surface area contributed by atoms with Crippen LogP contribution in [0.15, 0.2) is 18.6 Å². The summed E-state index contributed by atoms with van der Waals surface area (Å²) in [5.74, 6) is -3.01. The summed E-state index contributed by atoms with van der Waals surface area (Å²) >= 11 is 12.2. The number of amides is 1. The Hall–Kier alpha value is -2.73. The van der Waals surface area contributed by atoms with Crippen LogP contribution in [0, 0.1) is 5.41 Å². The van der Waals surface area contributed by atoms with Crippen molar-refractivity contribution in [1.29, 1.82) is 0 Å². The normalized spacial score (nSPS) is 22.8. The van der Waals surface area contributed by atoms with Crippen molar-refractivity contribution in [3.05, 3.63) is 45.5 Å². The Morgan fingerprint density at radius 2 is 1.63 bits per heavy atom. The van der Waals surface area contributed by atoms with Gasteiger partial charge in [0.05, 0.1) is 51.9 Å².